The van der Waals surface area contributed by atoms with Crippen LogP contribution in [-0.4, -0.2) is 29.7 Å². The van der Waals surface area contributed by atoms with E-state index in [2.05, 4.69) is 22.8 Å². The van der Waals surface area contributed by atoms with E-state index in [4.69, 9.17) is 10.8 Å². The fourth-order valence-corrected chi connectivity index (χ4v) is 3.24. The summed E-state index contributed by atoms with van der Waals surface area (Å²) >= 11 is 0. The molecule has 0 bridgehead atoms. The van der Waals surface area contributed by atoms with E-state index in [0.717, 1.165) is 0 Å². The average Bonchev–Trinajstić information content (AvgIpc) is 2.59. The molecule has 1 fully saturated rings. The highest BCUT2D eigenvalue weighted by Gasteiger charge is 2.20. The number of carbonyl (C=O) groups is 2. The molecular formula is C18H27N3O3. The van der Waals surface area contributed by atoms with Crippen LogP contribution in [0.1, 0.15) is 56.4 Å². The molecule has 2 amide bonds. The lowest BCUT2D eigenvalue weighted by Gasteiger charge is -2.22. The number of anilines is 1. The van der Waals surface area contributed by atoms with Gasteiger partial charge in [-0.25, -0.2) is 4.79 Å². The number of rotatable bonds is 7. The molecule has 1 saturated carbocycles. The van der Waals surface area contributed by atoms with Gasteiger partial charge in [-0.3, -0.25) is 4.79 Å². The van der Waals surface area contributed by atoms with Gasteiger partial charge in [-0.05, 0) is 55.8 Å². The third-order valence-electron chi connectivity index (χ3n) is 4.57. The predicted octanol–water partition coefficient (Wildman–Crippen LogP) is 3.05. The molecule has 1 aromatic carbocycles. The van der Waals surface area contributed by atoms with Crippen LogP contribution in [0.5, 0.6) is 0 Å². The van der Waals surface area contributed by atoms with Gasteiger partial charge in [0.25, 0.3) is 0 Å². The van der Waals surface area contributed by atoms with Gasteiger partial charge in [0.15, 0.2) is 0 Å². The third kappa shape index (κ3) is 5.53. The first-order valence-electron chi connectivity index (χ1n) is 8.70. The van der Waals surface area contributed by atoms with Crippen molar-refractivity contribution in [1.29, 1.82) is 0 Å². The number of hydrogen-bond acceptors (Lipinski definition) is 3. The third-order valence-corrected chi connectivity index (χ3v) is 4.57. The summed E-state index contributed by atoms with van der Waals surface area (Å²) < 4.78 is 0. The summed E-state index contributed by atoms with van der Waals surface area (Å²) in [5, 5.41) is 13.9. The van der Waals surface area contributed by atoms with Crippen LogP contribution in [0.15, 0.2) is 24.3 Å². The zero-order valence-corrected chi connectivity index (χ0v) is 14.0. The van der Waals surface area contributed by atoms with E-state index >= 15 is 0 Å². The van der Waals surface area contributed by atoms with E-state index in [0.29, 0.717) is 31.0 Å². The van der Waals surface area contributed by atoms with Crippen LogP contribution in [0.2, 0.25) is 0 Å². The van der Waals surface area contributed by atoms with Gasteiger partial charge in [-0.15, -0.1) is 0 Å². The van der Waals surface area contributed by atoms with Gasteiger partial charge >= 0.3 is 6.09 Å². The Labute approximate surface area is 142 Å². The van der Waals surface area contributed by atoms with Crippen LogP contribution in [0.3, 0.4) is 0 Å². The largest absolute Gasteiger partial charge is 0.465 e. The smallest absolute Gasteiger partial charge is 0.405 e. The molecule has 24 heavy (non-hydrogen) atoms. The van der Waals surface area contributed by atoms with Gasteiger partial charge in [0, 0.05) is 5.69 Å². The summed E-state index contributed by atoms with van der Waals surface area (Å²) in [5.74, 6) is 0.269. The lowest BCUT2D eigenvalue weighted by molar-refractivity contribution is -0.118. The van der Waals surface area contributed by atoms with E-state index in [1.807, 2.05) is 12.1 Å². The molecule has 0 aliphatic heterocycles. The molecule has 1 aliphatic rings. The fourth-order valence-electron chi connectivity index (χ4n) is 3.24. The van der Waals surface area contributed by atoms with Crippen molar-refractivity contribution >= 4 is 17.7 Å². The first-order chi connectivity index (χ1) is 11.6. The van der Waals surface area contributed by atoms with E-state index in [1.165, 1.54) is 37.7 Å². The van der Waals surface area contributed by atoms with E-state index in [1.54, 1.807) is 0 Å². The second-order valence-electron chi connectivity index (χ2n) is 6.38. The Balaban J connectivity index is 1.95. The first-order valence-corrected chi connectivity index (χ1v) is 8.70. The van der Waals surface area contributed by atoms with Gasteiger partial charge in [0.05, 0.1) is 0 Å². The summed E-state index contributed by atoms with van der Waals surface area (Å²) in [4.78, 5) is 23.1. The van der Waals surface area contributed by atoms with Crippen molar-refractivity contribution in [2.24, 2.45) is 5.73 Å². The fraction of sp³-hybridized carbons (Fsp3) is 0.556. The summed E-state index contributed by atoms with van der Waals surface area (Å²) in [6, 6.07) is 7.12. The zero-order chi connectivity index (χ0) is 17.4. The highest BCUT2D eigenvalue weighted by atomic mass is 16.4. The number of carboxylic acid groups (broad SMARTS) is 1. The summed E-state index contributed by atoms with van der Waals surface area (Å²) in [5.41, 5.74) is 7.44. The minimum atomic E-state index is -1.21. The highest BCUT2D eigenvalue weighted by Crippen LogP contribution is 2.32. The number of benzene rings is 1. The maximum Gasteiger partial charge on any atom is 0.405 e. The van der Waals surface area contributed by atoms with Crippen LogP contribution >= 0.6 is 0 Å². The Morgan fingerprint density at radius 1 is 1.17 bits per heavy atom. The highest BCUT2D eigenvalue weighted by molar-refractivity contribution is 5.96. The maximum atomic E-state index is 12.3. The van der Waals surface area contributed by atoms with Gasteiger partial charge in [0.1, 0.15) is 6.04 Å². The van der Waals surface area contributed by atoms with Crippen molar-refractivity contribution in [2.75, 3.05) is 11.9 Å². The minimum absolute atomic E-state index is 0.351. The summed E-state index contributed by atoms with van der Waals surface area (Å²) in [6.07, 6.45) is 6.11. The lowest BCUT2D eigenvalue weighted by Crippen LogP contribution is -2.43. The molecule has 6 nitrogen and oxygen atoms in total. The Morgan fingerprint density at radius 2 is 1.83 bits per heavy atom. The van der Waals surface area contributed by atoms with Gasteiger partial charge in [-0.2, -0.15) is 0 Å². The summed E-state index contributed by atoms with van der Waals surface area (Å²) in [6.45, 7) is 0.418. The SMILES string of the molecule is NCCC[C@H](NC(=O)O)C(=O)Nc1ccc(C2CCCCC2)cc1. The molecule has 6 heteroatoms. The molecule has 0 heterocycles. The van der Waals surface area contributed by atoms with Crippen LogP contribution in [0, 0.1) is 0 Å². The number of hydrogen-bond donors (Lipinski definition) is 4. The monoisotopic (exact) mass is 333 g/mol. The maximum absolute atomic E-state index is 12.3. The molecule has 0 aromatic heterocycles. The molecule has 1 aromatic rings. The van der Waals surface area contributed by atoms with Crippen molar-refractivity contribution in [2.45, 2.75) is 56.9 Å². The van der Waals surface area contributed by atoms with Crippen molar-refractivity contribution in [3.63, 3.8) is 0 Å². The van der Waals surface area contributed by atoms with Crippen molar-refractivity contribution < 1.29 is 14.7 Å². The standard InChI is InChI=1S/C18H27N3O3/c19-12-4-7-16(21-18(23)24)17(22)20-15-10-8-14(9-11-15)13-5-2-1-3-6-13/h8-11,13,16,21H,1-7,12,19H2,(H,20,22)(H,23,24)/t16-/m0/s1. The molecule has 0 unspecified atom stereocenters. The number of amides is 2. The van der Waals surface area contributed by atoms with Gasteiger partial charge < -0.3 is 21.5 Å². The normalized spacial score (nSPS) is 16.4. The molecule has 0 spiro atoms. The van der Waals surface area contributed by atoms with Crippen LogP contribution in [0.25, 0.3) is 0 Å². The number of nitrogens with two attached hydrogens (primary N) is 1. The van der Waals surface area contributed by atoms with Crippen LogP contribution in [0.4, 0.5) is 10.5 Å². The Bertz CT molecular complexity index is 539. The quantitative estimate of drug-likeness (QED) is 0.615. The number of nitrogens with one attached hydrogen (secondary N) is 2. The predicted molar refractivity (Wildman–Crippen MR) is 94.1 cm³/mol. The second-order valence-corrected chi connectivity index (χ2v) is 6.38. The molecule has 5 N–H and O–H groups in total. The zero-order valence-electron chi connectivity index (χ0n) is 14.0. The molecule has 0 radical (unpaired) electrons. The topological polar surface area (TPSA) is 104 Å². The van der Waals surface area contributed by atoms with E-state index < -0.39 is 12.1 Å². The second kappa shape index (κ2) is 9.27. The van der Waals surface area contributed by atoms with Crippen molar-refractivity contribution in [3.8, 4) is 0 Å². The minimum Gasteiger partial charge on any atom is -0.465 e. The molecular weight excluding hydrogens is 306 g/mol. The average molecular weight is 333 g/mol. The van der Waals surface area contributed by atoms with Gasteiger partial charge in [0.2, 0.25) is 5.91 Å². The molecule has 2 rings (SSSR count). The molecule has 1 atom stereocenters. The van der Waals surface area contributed by atoms with Crippen molar-refractivity contribution in [3.05, 3.63) is 29.8 Å². The Hall–Kier alpha value is -2.08. The van der Waals surface area contributed by atoms with Crippen LogP contribution in [-0.2, 0) is 4.79 Å². The summed E-state index contributed by atoms with van der Waals surface area (Å²) in [7, 11) is 0. The van der Waals surface area contributed by atoms with Gasteiger partial charge in [-0.1, -0.05) is 31.4 Å². The molecule has 0 saturated heterocycles. The first kappa shape index (κ1) is 18.3. The Kier molecular flexibility index (Phi) is 7.06. The van der Waals surface area contributed by atoms with E-state index in [9.17, 15) is 9.59 Å². The van der Waals surface area contributed by atoms with E-state index in [-0.39, 0.29) is 5.91 Å². The Morgan fingerprint density at radius 3 is 2.42 bits per heavy atom. The molecule has 1 aliphatic carbocycles. The van der Waals surface area contributed by atoms with Crippen LogP contribution < -0.4 is 16.4 Å². The molecule has 132 valence electrons. The lowest BCUT2D eigenvalue weighted by atomic mass is 9.84. The number of carbonyl (C=O) groups excluding carboxylic acids is 1. The van der Waals surface area contributed by atoms with Crippen molar-refractivity contribution in [1.82, 2.24) is 5.32 Å².